The minimum absolute atomic E-state index is 0.0918. The normalized spacial score (nSPS) is 18.5. The number of ether oxygens (including phenoxy) is 2. The molecule has 10 heteroatoms. The zero-order valence-electron chi connectivity index (χ0n) is 23.7. The van der Waals surface area contributed by atoms with E-state index in [1.807, 2.05) is 53.4 Å². The number of carbonyl (C=O) groups is 2. The van der Waals surface area contributed by atoms with Crippen LogP contribution in [0.2, 0.25) is 0 Å². The van der Waals surface area contributed by atoms with Gasteiger partial charge in [0.15, 0.2) is 11.5 Å². The number of thioether (sulfide) groups is 1. The molecular formula is C33H31FN4O4S. The van der Waals surface area contributed by atoms with Crippen molar-refractivity contribution in [3.8, 4) is 28.4 Å². The van der Waals surface area contributed by atoms with E-state index in [2.05, 4.69) is 6.92 Å². The van der Waals surface area contributed by atoms with E-state index in [4.69, 9.17) is 14.6 Å². The van der Waals surface area contributed by atoms with Gasteiger partial charge in [0, 0.05) is 24.2 Å². The number of amides is 2. The number of hydrogen-bond acceptors (Lipinski definition) is 6. The van der Waals surface area contributed by atoms with Gasteiger partial charge in [-0.1, -0.05) is 43.3 Å². The Labute approximate surface area is 253 Å². The number of carbonyl (C=O) groups excluding carboxylic acids is 2. The average molecular weight is 599 g/mol. The molecule has 3 aromatic carbocycles. The predicted molar refractivity (Wildman–Crippen MR) is 163 cm³/mol. The topological polar surface area (TPSA) is 76.9 Å². The quantitative estimate of drug-likeness (QED) is 0.288. The molecule has 1 aromatic heterocycles. The first-order valence-electron chi connectivity index (χ1n) is 14.5. The third-order valence-corrected chi connectivity index (χ3v) is 9.59. The third kappa shape index (κ3) is 5.24. The predicted octanol–water partition coefficient (Wildman–Crippen LogP) is 5.83. The summed E-state index contributed by atoms with van der Waals surface area (Å²) in [7, 11) is 0. The first kappa shape index (κ1) is 27.5. The van der Waals surface area contributed by atoms with E-state index in [1.54, 1.807) is 21.7 Å². The van der Waals surface area contributed by atoms with Crippen LogP contribution < -0.4 is 14.4 Å². The number of benzene rings is 3. The van der Waals surface area contributed by atoms with Crippen molar-refractivity contribution in [1.29, 1.82) is 0 Å². The SMILES string of the molecule is CC1CCN(C(=O)CN2C(=O)CS[C@H](c3ccc4c(c3)OCO4)c3c(-c4ccccc4)nn(-c4ccc(F)cc4)c32)CC1. The molecule has 43 heavy (non-hydrogen) atoms. The van der Waals surface area contributed by atoms with Gasteiger partial charge >= 0.3 is 0 Å². The van der Waals surface area contributed by atoms with Gasteiger partial charge in [0.2, 0.25) is 18.6 Å². The molecule has 0 bridgehead atoms. The summed E-state index contributed by atoms with van der Waals surface area (Å²) in [6.45, 7) is 3.61. The Morgan fingerprint density at radius 1 is 1.00 bits per heavy atom. The van der Waals surface area contributed by atoms with Crippen LogP contribution >= 0.6 is 11.8 Å². The van der Waals surface area contributed by atoms with Crippen LogP contribution in [0.5, 0.6) is 11.5 Å². The molecule has 4 aromatic rings. The van der Waals surface area contributed by atoms with Gasteiger partial charge in [0.05, 0.1) is 22.4 Å². The number of hydrogen-bond donors (Lipinski definition) is 0. The second-order valence-electron chi connectivity index (χ2n) is 11.2. The van der Waals surface area contributed by atoms with Crippen molar-refractivity contribution in [2.24, 2.45) is 5.92 Å². The summed E-state index contributed by atoms with van der Waals surface area (Å²) in [5, 5.41) is 4.76. The lowest BCUT2D eigenvalue weighted by molar-refractivity contribution is -0.132. The van der Waals surface area contributed by atoms with Crippen molar-refractivity contribution in [1.82, 2.24) is 14.7 Å². The number of halogens is 1. The Morgan fingerprint density at radius 3 is 2.51 bits per heavy atom. The molecule has 1 saturated heterocycles. The smallest absolute Gasteiger partial charge is 0.242 e. The first-order valence-corrected chi connectivity index (χ1v) is 15.5. The number of anilines is 1. The fraction of sp³-hybridized carbons (Fsp3) is 0.303. The Balaban J connectivity index is 1.42. The lowest BCUT2D eigenvalue weighted by atomic mass is 9.98. The van der Waals surface area contributed by atoms with Crippen LogP contribution in [0.1, 0.15) is 36.1 Å². The fourth-order valence-electron chi connectivity index (χ4n) is 5.92. The zero-order valence-corrected chi connectivity index (χ0v) is 24.6. The van der Waals surface area contributed by atoms with Crippen molar-refractivity contribution in [3.05, 3.63) is 89.7 Å². The van der Waals surface area contributed by atoms with Gasteiger partial charge in [0.1, 0.15) is 18.2 Å². The van der Waals surface area contributed by atoms with Crippen LogP contribution in [0.3, 0.4) is 0 Å². The van der Waals surface area contributed by atoms with E-state index < -0.39 is 0 Å². The molecule has 8 nitrogen and oxygen atoms in total. The zero-order chi connectivity index (χ0) is 29.5. The second kappa shape index (κ2) is 11.4. The monoisotopic (exact) mass is 598 g/mol. The maximum Gasteiger partial charge on any atom is 0.242 e. The Bertz CT molecular complexity index is 1670. The average Bonchev–Trinajstić information content (AvgIpc) is 3.63. The molecule has 1 fully saturated rings. The van der Waals surface area contributed by atoms with Crippen LogP contribution in [0.15, 0.2) is 72.8 Å². The van der Waals surface area contributed by atoms with E-state index in [9.17, 15) is 14.0 Å². The van der Waals surface area contributed by atoms with Crippen LogP contribution in [0.4, 0.5) is 10.2 Å². The number of likely N-dealkylation sites (tertiary alicyclic amines) is 1. The molecule has 0 unspecified atom stereocenters. The Morgan fingerprint density at radius 2 is 1.74 bits per heavy atom. The number of rotatable bonds is 5. The van der Waals surface area contributed by atoms with Crippen molar-refractivity contribution in [2.75, 3.05) is 37.1 Å². The van der Waals surface area contributed by atoms with Crippen LogP contribution in [-0.2, 0) is 9.59 Å². The van der Waals surface area contributed by atoms with Gasteiger partial charge in [-0.25, -0.2) is 9.07 Å². The minimum Gasteiger partial charge on any atom is -0.454 e. The third-order valence-electron chi connectivity index (χ3n) is 8.34. The highest BCUT2D eigenvalue weighted by Crippen LogP contribution is 2.50. The van der Waals surface area contributed by atoms with Gasteiger partial charge in [-0.05, 0) is 60.7 Å². The van der Waals surface area contributed by atoms with Gasteiger partial charge in [-0.2, -0.15) is 5.10 Å². The molecule has 3 aliphatic heterocycles. The molecule has 0 saturated carbocycles. The molecule has 7 rings (SSSR count). The fourth-order valence-corrected chi connectivity index (χ4v) is 7.11. The van der Waals surface area contributed by atoms with E-state index in [0.717, 1.165) is 29.5 Å². The minimum atomic E-state index is -0.374. The molecule has 3 aliphatic rings. The highest BCUT2D eigenvalue weighted by atomic mass is 32.2. The first-order chi connectivity index (χ1) is 21.0. The molecule has 0 aliphatic carbocycles. The summed E-state index contributed by atoms with van der Waals surface area (Å²) in [6.07, 6.45) is 1.89. The lowest BCUT2D eigenvalue weighted by Crippen LogP contribution is -2.46. The summed E-state index contributed by atoms with van der Waals surface area (Å²) >= 11 is 1.49. The molecule has 2 amide bonds. The van der Waals surface area contributed by atoms with Crippen LogP contribution in [0, 0.1) is 11.7 Å². The molecule has 1 atom stereocenters. The van der Waals surface area contributed by atoms with Gasteiger partial charge in [-0.3, -0.25) is 14.5 Å². The number of piperidine rings is 1. The molecule has 0 spiro atoms. The van der Waals surface area contributed by atoms with Gasteiger partial charge < -0.3 is 14.4 Å². The maximum absolute atomic E-state index is 14.0. The van der Waals surface area contributed by atoms with E-state index in [1.165, 1.54) is 23.9 Å². The van der Waals surface area contributed by atoms with Crippen molar-refractivity contribution in [3.63, 3.8) is 0 Å². The largest absolute Gasteiger partial charge is 0.454 e. The summed E-state index contributed by atoms with van der Waals surface area (Å²) < 4.78 is 27.0. The highest BCUT2D eigenvalue weighted by Gasteiger charge is 2.39. The van der Waals surface area contributed by atoms with Crippen molar-refractivity contribution >= 4 is 29.4 Å². The molecule has 0 radical (unpaired) electrons. The molecule has 0 N–H and O–H groups in total. The highest BCUT2D eigenvalue weighted by molar-refractivity contribution is 8.00. The number of aromatic nitrogens is 2. The van der Waals surface area contributed by atoms with Crippen LogP contribution in [0.25, 0.3) is 16.9 Å². The van der Waals surface area contributed by atoms with Gasteiger partial charge in [0.25, 0.3) is 0 Å². The number of nitrogens with zero attached hydrogens (tertiary/aromatic N) is 4. The maximum atomic E-state index is 14.0. The summed E-state index contributed by atoms with van der Waals surface area (Å²) in [6, 6.07) is 21.6. The molecular weight excluding hydrogens is 567 g/mol. The molecule has 4 heterocycles. The van der Waals surface area contributed by atoms with Crippen LogP contribution in [-0.4, -0.2) is 58.7 Å². The van der Waals surface area contributed by atoms with E-state index in [-0.39, 0.29) is 42.0 Å². The summed E-state index contributed by atoms with van der Waals surface area (Å²) in [5.74, 6) is 1.92. The van der Waals surface area contributed by atoms with Crippen molar-refractivity contribution < 1.29 is 23.5 Å². The standard InChI is InChI=1S/C33H31FN4O4S/c1-21-13-15-36(16-14-21)28(39)18-37-29(40)19-43-32(23-7-12-26-27(17-23)42-20-41-26)30-31(22-5-3-2-4-6-22)35-38(33(30)37)25-10-8-24(34)9-11-25/h2-12,17,21,32H,13-16,18-20H2,1H3/t32-/m1/s1. The van der Waals surface area contributed by atoms with Crippen molar-refractivity contribution in [2.45, 2.75) is 25.0 Å². The van der Waals surface area contributed by atoms with E-state index >= 15 is 0 Å². The lowest BCUT2D eigenvalue weighted by Gasteiger charge is -2.32. The molecule has 220 valence electrons. The van der Waals surface area contributed by atoms with E-state index in [0.29, 0.717) is 47.7 Å². The Kier molecular flexibility index (Phi) is 7.30. The van der Waals surface area contributed by atoms with Gasteiger partial charge in [-0.15, -0.1) is 11.8 Å². The summed E-state index contributed by atoms with van der Waals surface area (Å²) in [4.78, 5) is 31.1. The summed E-state index contributed by atoms with van der Waals surface area (Å²) in [5.41, 5.74) is 3.89. The Hall–Kier alpha value is -4.31. The number of fused-ring (bicyclic) bond motifs is 2. The second-order valence-corrected chi connectivity index (χ2v) is 12.3.